The Morgan fingerprint density at radius 2 is 0.779 bits per heavy atom. The number of pyridine rings is 2. The predicted molar refractivity (Wildman–Crippen MR) is 320 cm³/mol. The third kappa shape index (κ3) is 8.44. The first kappa shape index (κ1) is 45.3. The van der Waals surface area contributed by atoms with Gasteiger partial charge in [0.1, 0.15) is 0 Å². The van der Waals surface area contributed by atoms with Crippen molar-refractivity contribution in [1.29, 1.82) is 0 Å². The maximum atomic E-state index is 4.34. The Bertz CT molecular complexity index is 4200. The zero-order valence-electron chi connectivity index (χ0n) is 42.1. The normalized spacial score (nSPS) is 11.8. The van der Waals surface area contributed by atoms with Crippen molar-refractivity contribution in [3.8, 4) is 50.2 Å². The number of aromatic nitrogens is 3. The summed E-state index contributed by atoms with van der Waals surface area (Å²) < 4.78 is 2.37. The largest absolute Gasteiger partial charge is 0.336 e. The van der Waals surface area contributed by atoms with Gasteiger partial charge in [0, 0.05) is 98.9 Å². The minimum Gasteiger partial charge on any atom is -0.336 e. The first-order valence-corrected chi connectivity index (χ1v) is 26.1. The molecule has 14 rings (SSSR count). The van der Waals surface area contributed by atoms with E-state index in [2.05, 4.69) is 284 Å². The minimum atomic E-state index is 0.769. The van der Waals surface area contributed by atoms with E-state index in [0.717, 1.165) is 90.9 Å². The van der Waals surface area contributed by atoms with Gasteiger partial charge < -0.3 is 19.3 Å². The number of nitrogens with zero attached hydrogens (tertiary/aromatic N) is 6. The Labute approximate surface area is 448 Å². The van der Waals surface area contributed by atoms with Crippen molar-refractivity contribution < 1.29 is 0 Å². The van der Waals surface area contributed by atoms with E-state index in [-0.39, 0.29) is 0 Å². The lowest BCUT2D eigenvalue weighted by molar-refractivity contribution is 0.961. The molecule has 0 N–H and O–H groups in total. The average Bonchev–Trinajstić information content (AvgIpc) is 3.86. The first-order chi connectivity index (χ1) is 38.2. The molecule has 1 aliphatic heterocycles. The van der Waals surface area contributed by atoms with Gasteiger partial charge in [-0.15, -0.1) is 0 Å². The third-order valence-corrected chi connectivity index (χ3v) is 15.0. The van der Waals surface area contributed by atoms with Crippen LogP contribution in [0.1, 0.15) is 5.56 Å². The Morgan fingerprint density at radius 3 is 1.38 bits per heavy atom. The second-order valence-corrected chi connectivity index (χ2v) is 19.5. The average molecular weight is 987 g/mol. The Balaban J connectivity index is 0.766. The smallest absolute Gasteiger partial charge is 0.0542 e. The van der Waals surface area contributed by atoms with Crippen molar-refractivity contribution in [2.45, 2.75) is 6.54 Å². The summed E-state index contributed by atoms with van der Waals surface area (Å²) in [5.41, 5.74) is 22.9. The van der Waals surface area contributed by atoms with Gasteiger partial charge in [0.15, 0.2) is 0 Å². The van der Waals surface area contributed by atoms with Gasteiger partial charge in [-0.3, -0.25) is 9.97 Å². The van der Waals surface area contributed by atoms with Crippen LogP contribution in [0.15, 0.2) is 292 Å². The van der Waals surface area contributed by atoms with Gasteiger partial charge in [0.25, 0.3) is 0 Å². The molecule has 0 atom stereocenters. The van der Waals surface area contributed by atoms with Gasteiger partial charge in [-0.25, -0.2) is 0 Å². The van der Waals surface area contributed by atoms with E-state index in [9.17, 15) is 0 Å². The fraction of sp³-hybridized carbons (Fsp3) is 0.0141. The van der Waals surface area contributed by atoms with Crippen molar-refractivity contribution >= 4 is 67.3 Å². The van der Waals surface area contributed by atoms with Crippen LogP contribution in [0, 0.1) is 0 Å². The minimum absolute atomic E-state index is 0.769. The highest BCUT2D eigenvalue weighted by Gasteiger charge is 2.25. The van der Waals surface area contributed by atoms with Crippen LogP contribution in [0.4, 0.5) is 45.5 Å². The summed E-state index contributed by atoms with van der Waals surface area (Å²) in [6.07, 6.45) is 7.46. The fourth-order valence-electron chi connectivity index (χ4n) is 11.3. The molecule has 10 aromatic carbocycles. The molecule has 4 heterocycles. The number of hydrogen-bond acceptors (Lipinski definition) is 5. The summed E-state index contributed by atoms with van der Waals surface area (Å²) >= 11 is 0. The zero-order valence-corrected chi connectivity index (χ0v) is 42.1. The lowest BCUT2D eigenvalue weighted by atomic mass is 9.92. The van der Waals surface area contributed by atoms with Crippen LogP contribution in [0.3, 0.4) is 0 Å². The van der Waals surface area contributed by atoms with Crippen molar-refractivity contribution in [3.05, 3.63) is 297 Å². The van der Waals surface area contributed by atoms with Crippen LogP contribution >= 0.6 is 0 Å². The van der Waals surface area contributed by atoms with Gasteiger partial charge >= 0.3 is 0 Å². The van der Waals surface area contributed by atoms with Gasteiger partial charge in [0.2, 0.25) is 0 Å². The maximum Gasteiger partial charge on any atom is 0.0542 e. The SMILES string of the molecule is c1ccc(N(c2ccc(-c3ccc(N(c4ccccc4)c4ccc5c(c4)c4ccccc4n5-c4ccc(-c5cccnc5)cc4)cc3)cc2)c2ccc3c(c2)-c2ccccc2N(c2ccc(-c4cccnc4)cc2)C3)cc1. The predicted octanol–water partition coefficient (Wildman–Crippen LogP) is 18.8. The number of hydrogen-bond donors (Lipinski definition) is 0. The van der Waals surface area contributed by atoms with Crippen molar-refractivity contribution in [2.75, 3.05) is 14.7 Å². The Kier molecular flexibility index (Phi) is 11.5. The van der Waals surface area contributed by atoms with Gasteiger partial charge in [-0.1, -0.05) is 140 Å². The summed E-state index contributed by atoms with van der Waals surface area (Å²) in [6, 6.07) is 96.4. The van der Waals surface area contributed by atoms with Crippen LogP contribution in [0.25, 0.3) is 72.0 Å². The van der Waals surface area contributed by atoms with E-state index in [0.29, 0.717) is 0 Å². The molecule has 0 fully saturated rings. The van der Waals surface area contributed by atoms with Gasteiger partial charge in [-0.05, 0) is 172 Å². The summed E-state index contributed by atoms with van der Waals surface area (Å²) in [6.45, 7) is 0.769. The molecule has 3 aromatic heterocycles. The topological polar surface area (TPSA) is 40.4 Å². The molecule has 0 saturated carbocycles. The molecule has 13 aromatic rings. The number of fused-ring (bicyclic) bond motifs is 6. The van der Waals surface area contributed by atoms with Crippen molar-refractivity contribution in [3.63, 3.8) is 0 Å². The third-order valence-electron chi connectivity index (χ3n) is 15.0. The monoisotopic (exact) mass is 986 g/mol. The van der Waals surface area contributed by atoms with E-state index < -0.39 is 0 Å². The highest BCUT2D eigenvalue weighted by atomic mass is 15.2. The molecule has 6 nitrogen and oxygen atoms in total. The van der Waals surface area contributed by atoms with Crippen LogP contribution < -0.4 is 14.7 Å². The van der Waals surface area contributed by atoms with E-state index >= 15 is 0 Å². The molecule has 0 spiro atoms. The summed E-state index contributed by atoms with van der Waals surface area (Å²) in [7, 11) is 0. The molecular weight excluding hydrogens is 937 g/mol. The van der Waals surface area contributed by atoms with Gasteiger partial charge in [0.05, 0.1) is 11.0 Å². The molecule has 77 heavy (non-hydrogen) atoms. The van der Waals surface area contributed by atoms with Crippen molar-refractivity contribution in [2.24, 2.45) is 0 Å². The van der Waals surface area contributed by atoms with Crippen LogP contribution in [-0.4, -0.2) is 14.5 Å². The van der Waals surface area contributed by atoms with Crippen molar-refractivity contribution in [1.82, 2.24) is 14.5 Å². The molecule has 0 unspecified atom stereocenters. The Morgan fingerprint density at radius 1 is 0.312 bits per heavy atom. The molecular formula is C71H50N6. The maximum absolute atomic E-state index is 4.34. The molecule has 364 valence electrons. The molecule has 0 aliphatic carbocycles. The molecule has 6 heteroatoms. The number of benzene rings is 10. The fourth-order valence-corrected chi connectivity index (χ4v) is 11.3. The van der Waals surface area contributed by atoms with Gasteiger partial charge in [-0.2, -0.15) is 0 Å². The quantitative estimate of drug-likeness (QED) is 0.129. The highest BCUT2D eigenvalue weighted by molar-refractivity contribution is 6.11. The molecule has 0 bridgehead atoms. The molecule has 0 radical (unpaired) electrons. The van der Waals surface area contributed by atoms with Crippen LogP contribution in [-0.2, 0) is 6.54 Å². The number of anilines is 8. The summed E-state index contributed by atoms with van der Waals surface area (Å²) in [4.78, 5) is 15.8. The zero-order chi connectivity index (χ0) is 51.1. The van der Waals surface area contributed by atoms with E-state index in [4.69, 9.17) is 0 Å². The number of para-hydroxylation sites is 4. The Hall–Kier alpha value is -10.3. The highest BCUT2D eigenvalue weighted by Crippen LogP contribution is 2.47. The first-order valence-electron chi connectivity index (χ1n) is 26.1. The molecule has 1 aliphatic rings. The van der Waals surface area contributed by atoms with Crippen LogP contribution in [0.5, 0.6) is 0 Å². The standard InChI is InChI=1S/C71H50N6/c1-3-15-58(16-4-1)75(63-40-31-56-49-74(69-21-9-7-19-65(69)67(56)45-63)57-32-23-52(24-33-57)54-13-11-43-72-47-54)60-34-25-50(26-35-60)51-27-36-61(37-28-51)76(59-17-5-2-6-18-59)64-41-42-71-68(46-64)66-20-8-10-22-70(66)77(71)62-38-29-53(30-39-62)55-14-12-44-73-48-55/h1-48H,49H2. The molecule has 0 amide bonds. The summed E-state index contributed by atoms with van der Waals surface area (Å²) in [5, 5.41) is 2.41. The second-order valence-electron chi connectivity index (χ2n) is 19.5. The van der Waals surface area contributed by atoms with E-state index in [1.807, 2.05) is 36.9 Å². The lowest BCUT2D eigenvalue weighted by Gasteiger charge is -2.34. The van der Waals surface area contributed by atoms with E-state index in [1.165, 1.54) is 38.7 Å². The molecule has 0 saturated heterocycles. The van der Waals surface area contributed by atoms with E-state index in [1.54, 1.807) is 0 Å². The second kappa shape index (κ2) is 19.5. The lowest BCUT2D eigenvalue weighted by Crippen LogP contribution is -2.21. The summed E-state index contributed by atoms with van der Waals surface area (Å²) in [5.74, 6) is 0. The van der Waals surface area contributed by atoms with Crippen LogP contribution in [0.2, 0.25) is 0 Å². The number of rotatable bonds is 11.